The SMILES string of the molecule is CN(C)c1cccc2c1C(=O)CCC2. The van der Waals surface area contributed by atoms with E-state index in [-0.39, 0.29) is 0 Å². The van der Waals surface area contributed by atoms with Crippen LogP contribution < -0.4 is 4.90 Å². The number of anilines is 1. The lowest BCUT2D eigenvalue weighted by molar-refractivity contribution is 0.0973. The van der Waals surface area contributed by atoms with E-state index in [4.69, 9.17) is 0 Å². The second-order valence-corrected chi connectivity index (χ2v) is 3.98. The van der Waals surface area contributed by atoms with Gasteiger partial charge < -0.3 is 4.90 Å². The van der Waals surface area contributed by atoms with Gasteiger partial charge in [-0.25, -0.2) is 0 Å². The van der Waals surface area contributed by atoms with E-state index in [1.165, 1.54) is 5.56 Å². The fourth-order valence-electron chi connectivity index (χ4n) is 2.05. The third-order valence-electron chi connectivity index (χ3n) is 2.74. The molecular weight excluding hydrogens is 174 g/mol. The first kappa shape index (κ1) is 9.25. The number of hydrogen-bond acceptors (Lipinski definition) is 2. The maximum atomic E-state index is 11.8. The molecule has 0 aliphatic heterocycles. The van der Waals surface area contributed by atoms with Crippen molar-refractivity contribution in [3.8, 4) is 0 Å². The lowest BCUT2D eigenvalue weighted by atomic mass is 9.89. The summed E-state index contributed by atoms with van der Waals surface area (Å²) in [5.41, 5.74) is 3.23. The molecule has 0 aromatic heterocycles. The van der Waals surface area contributed by atoms with Gasteiger partial charge in [0.05, 0.1) is 0 Å². The first-order chi connectivity index (χ1) is 6.70. The number of carbonyl (C=O) groups excluding carboxylic acids is 1. The lowest BCUT2D eigenvalue weighted by Crippen LogP contribution is -2.18. The van der Waals surface area contributed by atoms with Gasteiger partial charge in [-0.2, -0.15) is 0 Å². The summed E-state index contributed by atoms with van der Waals surface area (Å²) in [6.07, 6.45) is 2.75. The molecule has 2 nitrogen and oxygen atoms in total. The van der Waals surface area contributed by atoms with Crippen molar-refractivity contribution in [2.75, 3.05) is 19.0 Å². The summed E-state index contributed by atoms with van der Waals surface area (Å²) < 4.78 is 0. The van der Waals surface area contributed by atoms with Crippen LogP contribution in [0.5, 0.6) is 0 Å². The Kier molecular flexibility index (Phi) is 2.28. The van der Waals surface area contributed by atoms with Crippen molar-refractivity contribution in [1.82, 2.24) is 0 Å². The molecule has 1 aliphatic rings. The molecule has 0 amide bonds. The Morgan fingerprint density at radius 3 is 2.71 bits per heavy atom. The van der Waals surface area contributed by atoms with Crippen molar-refractivity contribution in [3.05, 3.63) is 29.3 Å². The first-order valence-corrected chi connectivity index (χ1v) is 5.02. The van der Waals surface area contributed by atoms with Crippen LogP contribution in [0.15, 0.2) is 18.2 Å². The summed E-state index contributed by atoms with van der Waals surface area (Å²) in [5.74, 6) is 0.301. The number of nitrogens with zero attached hydrogens (tertiary/aromatic N) is 1. The highest BCUT2D eigenvalue weighted by molar-refractivity contribution is 6.03. The van der Waals surface area contributed by atoms with Crippen LogP contribution in [0.1, 0.15) is 28.8 Å². The van der Waals surface area contributed by atoms with Gasteiger partial charge in [-0.05, 0) is 24.5 Å². The number of carbonyl (C=O) groups is 1. The number of aryl methyl sites for hydroxylation is 1. The van der Waals surface area contributed by atoms with Crippen LogP contribution >= 0.6 is 0 Å². The van der Waals surface area contributed by atoms with Crippen molar-refractivity contribution >= 4 is 11.5 Å². The van der Waals surface area contributed by atoms with Crippen molar-refractivity contribution in [2.24, 2.45) is 0 Å². The van der Waals surface area contributed by atoms with Crippen LogP contribution in [-0.4, -0.2) is 19.9 Å². The molecule has 0 atom stereocenters. The normalized spacial score (nSPS) is 15.1. The van der Waals surface area contributed by atoms with Crippen LogP contribution in [-0.2, 0) is 6.42 Å². The zero-order chi connectivity index (χ0) is 10.1. The molecule has 0 bridgehead atoms. The molecule has 0 saturated carbocycles. The molecule has 74 valence electrons. The molecule has 0 heterocycles. The predicted octanol–water partition coefficient (Wildman–Crippen LogP) is 2.27. The van der Waals surface area contributed by atoms with Gasteiger partial charge in [-0.1, -0.05) is 12.1 Å². The Labute approximate surface area is 84.5 Å². The zero-order valence-electron chi connectivity index (χ0n) is 8.71. The van der Waals surface area contributed by atoms with Crippen molar-refractivity contribution in [3.63, 3.8) is 0 Å². The average molecular weight is 189 g/mol. The van der Waals surface area contributed by atoms with Crippen molar-refractivity contribution < 1.29 is 4.79 Å². The highest BCUT2D eigenvalue weighted by atomic mass is 16.1. The van der Waals surface area contributed by atoms with E-state index in [2.05, 4.69) is 6.07 Å². The van der Waals surface area contributed by atoms with Gasteiger partial charge in [0.1, 0.15) is 0 Å². The summed E-state index contributed by atoms with van der Waals surface area (Å²) >= 11 is 0. The smallest absolute Gasteiger partial charge is 0.165 e. The van der Waals surface area contributed by atoms with Gasteiger partial charge in [-0.3, -0.25) is 4.79 Å². The molecule has 0 radical (unpaired) electrons. The fraction of sp³-hybridized carbons (Fsp3) is 0.417. The third-order valence-corrected chi connectivity index (χ3v) is 2.74. The van der Waals surface area contributed by atoms with Gasteiger partial charge in [-0.15, -0.1) is 0 Å². The maximum Gasteiger partial charge on any atom is 0.165 e. The molecular formula is C12H15NO. The second-order valence-electron chi connectivity index (χ2n) is 3.98. The summed E-state index contributed by atoms with van der Waals surface area (Å²) in [6.45, 7) is 0. The summed E-state index contributed by atoms with van der Waals surface area (Å²) in [5, 5.41) is 0. The molecule has 1 aliphatic carbocycles. The first-order valence-electron chi connectivity index (χ1n) is 5.02. The van der Waals surface area contributed by atoms with Gasteiger partial charge in [0.25, 0.3) is 0 Å². The quantitative estimate of drug-likeness (QED) is 0.675. The van der Waals surface area contributed by atoms with Gasteiger partial charge >= 0.3 is 0 Å². The fourth-order valence-corrected chi connectivity index (χ4v) is 2.05. The van der Waals surface area contributed by atoms with E-state index in [0.717, 1.165) is 24.1 Å². The van der Waals surface area contributed by atoms with Crippen LogP contribution in [0.2, 0.25) is 0 Å². The maximum absolute atomic E-state index is 11.8. The number of rotatable bonds is 1. The molecule has 1 aromatic carbocycles. The Bertz CT molecular complexity index is 369. The highest BCUT2D eigenvalue weighted by Gasteiger charge is 2.20. The van der Waals surface area contributed by atoms with E-state index >= 15 is 0 Å². The third kappa shape index (κ3) is 1.41. The Balaban J connectivity index is 2.57. The molecule has 2 heteroatoms. The van der Waals surface area contributed by atoms with Crippen LogP contribution in [0.4, 0.5) is 5.69 Å². The Morgan fingerprint density at radius 1 is 1.21 bits per heavy atom. The lowest BCUT2D eigenvalue weighted by Gasteiger charge is -2.22. The standard InChI is InChI=1S/C12H15NO/c1-13(2)10-7-3-5-9-6-4-8-11(14)12(9)10/h3,5,7H,4,6,8H2,1-2H3. The van der Waals surface area contributed by atoms with E-state index in [1.807, 2.05) is 31.1 Å². The molecule has 2 rings (SSSR count). The van der Waals surface area contributed by atoms with Crippen LogP contribution in [0.3, 0.4) is 0 Å². The van der Waals surface area contributed by atoms with Gasteiger partial charge in [0.2, 0.25) is 0 Å². The van der Waals surface area contributed by atoms with E-state index in [9.17, 15) is 4.79 Å². The number of hydrogen-bond donors (Lipinski definition) is 0. The van der Waals surface area contributed by atoms with Gasteiger partial charge in [0, 0.05) is 31.8 Å². The molecule has 0 unspecified atom stereocenters. The zero-order valence-corrected chi connectivity index (χ0v) is 8.71. The molecule has 0 N–H and O–H groups in total. The summed E-state index contributed by atoms with van der Waals surface area (Å²) in [7, 11) is 3.97. The molecule has 14 heavy (non-hydrogen) atoms. The van der Waals surface area contributed by atoms with E-state index in [1.54, 1.807) is 0 Å². The highest BCUT2D eigenvalue weighted by Crippen LogP contribution is 2.29. The number of fused-ring (bicyclic) bond motifs is 1. The average Bonchev–Trinajstić information content (AvgIpc) is 2.17. The van der Waals surface area contributed by atoms with E-state index < -0.39 is 0 Å². The minimum absolute atomic E-state index is 0.301. The number of Topliss-reactive ketones (excluding diaryl/α,β-unsaturated/α-hetero) is 1. The Morgan fingerprint density at radius 2 is 2.00 bits per heavy atom. The van der Waals surface area contributed by atoms with E-state index in [0.29, 0.717) is 12.2 Å². The molecule has 1 aromatic rings. The number of ketones is 1. The van der Waals surface area contributed by atoms with Crippen LogP contribution in [0, 0.1) is 0 Å². The molecule has 0 spiro atoms. The second kappa shape index (κ2) is 3.45. The molecule has 0 saturated heterocycles. The monoisotopic (exact) mass is 189 g/mol. The molecule has 0 fully saturated rings. The van der Waals surface area contributed by atoms with Gasteiger partial charge in [0.15, 0.2) is 5.78 Å². The Hall–Kier alpha value is -1.31. The minimum atomic E-state index is 0.301. The topological polar surface area (TPSA) is 20.3 Å². The van der Waals surface area contributed by atoms with Crippen molar-refractivity contribution in [2.45, 2.75) is 19.3 Å². The summed E-state index contributed by atoms with van der Waals surface area (Å²) in [4.78, 5) is 13.8. The predicted molar refractivity (Wildman–Crippen MR) is 58.0 cm³/mol. The summed E-state index contributed by atoms with van der Waals surface area (Å²) in [6, 6.07) is 6.12. The number of benzene rings is 1. The minimum Gasteiger partial charge on any atom is -0.377 e. The van der Waals surface area contributed by atoms with Crippen molar-refractivity contribution in [1.29, 1.82) is 0 Å². The van der Waals surface area contributed by atoms with Crippen LogP contribution in [0.25, 0.3) is 0 Å². The largest absolute Gasteiger partial charge is 0.377 e.